The van der Waals surface area contributed by atoms with Crippen LogP contribution in [-0.2, 0) is 6.42 Å². The molecule has 0 aliphatic heterocycles. The van der Waals surface area contributed by atoms with Gasteiger partial charge < -0.3 is 15.5 Å². The molecule has 0 heterocycles. The zero-order valence-electron chi connectivity index (χ0n) is 14.4. The van der Waals surface area contributed by atoms with Crippen LogP contribution in [0.2, 0.25) is 0 Å². The van der Waals surface area contributed by atoms with Gasteiger partial charge in [-0.1, -0.05) is 44.2 Å². The molecule has 0 aromatic heterocycles. The van der Waals surface area contributed by atoms with Gasteiger partial charge in [0.15, 0.2) is 5.96 Å². The van der Waals surface area contributed by atoms with E-state index >= 15 is 0 Å². The number of nitrogens with one attached hydrogen (secondary N) is 2. The van der Waals surface area contributed by atoms with Gasteiger partial charge in [0, 0.05) is 20.1 Å². The average molecular weight is 304 g/mol. The Bertz CT molecular complexity index is 399. The van der Waals surface area contributed by atoms with Crippen LogP contribution in [0.1, 0.15) is 32.3 Å². The highest BCUT2D eigenvalue weighted by Gasteiger charge is 2.00. The molecule has 0 amide bonds. The van der Waals surface area contributed by atoms with Gasteiger partial charge in [-0.05, 0) is 44.5 Å². The lowest BCUT2D eigenvalue weighted by Gasteiger charge is -2.18. The lowest BCUT2D eigenvalue weighted by Crippen LogP contribution is -2.39. The minimum atomic E-state index is 0.910. The number of benzene rings is 1. The fourth-order valence-electron chi connectivity index (χ4n) is 2.41. The summed E-state index contributed by atoms with van der Waals surface area (Å²) in [5.41, 5.74) is 1.39. The van der Waals surface area contributed by atoms with Crippen LogP contribution in [0.25, 0.3) is 0 Å². The van der Waals surface area contributed by atoms with Gasteiger partial charge in [0.05, 0.1) is 0 Å². The smallest absolute Gasteiger partial charge is 0.190 e. The van der Waals surface area contributed by atoms with Crippen LogP contribution in [0, 0.1) is 0 Å². The van der Waals surface area contributed by atoms with Gasteiger partial charge in [-0.3, -0.25) is 4.99 Å². The van der Waals surface area contributed by atoms with Gasteiger partial charge in [-0.15, -0.1) is 0 Å². The zero-order chi connectivity index (χ0) is 16.0. The quantitative estimate of drug-likeness (QED) is 0.396. The second-order valence-electron chi connectivity index (χ2n) is 5.40. The molecule has 0 aliphatic rings. The van der Waals surface area contributed by atoms with Gasteiger partial charge in [-0.2, -0.15) is 0 Å². The third kappa shape index (κ3) is 8.03. The van der Waals surface area contributed by atoms with Gasteiger partial charge in [0.25, 0.3) is 0 Å². The Hall–Kier alpha value is -1.55. The van der Waals surface area contributed by atoms with Gasteiger partial charge in [0.2, 0.25) is 0 Å². The third-order valence-corrected chi connectivity index (χ3v) is 3.84. The van der Waals surface area contributed by atoms with Crippen molar-refractivity contribution in [2.45, 2.75) is 33.1 Å². The van der Waals surface area contributed by atoms with Gasteiger partial charge >= 0.3 is 0 Å². The number of nitrogens with zero attached hydrogens (tertiary/aromatic N) is 2. The Kier molecular flexibility index (Phi) is 10.1. The van der Waals surface area contributed by atoms with E-state index in [4.69, 9.17) is 0 Å². The van der Waals surface area contributed by atoms with Crippen molar-refractivity contribution in [1.82, 2.24) is 15.5 Å². The van der Waals surface area contributed by atoms with Crippen LogP contribution in [0.4, 0.5) is 0 Å². The maximum absolute atomic E-state index is 4.27. The van der Waals surface area contributed by atoms with Crippen molar-refractivity contribution in [2.75, 3.05) is 39.8 Å². The molecule has 0 aliphatic carbocycles. The molecule has 4 heteroatoms. The fourth-order valence-corrected chi connectivity index (χ4v) is 2.41. The van der Waals surface area contributed by atoms with E-state index in [-0.39, 0.29) is 0 Å². The Morgan fingerprint density at radius 3 is 2.23 bits per heavy atom. The number of rotatable bonds is 10. The van der Waals surface area contributed by atoms with Crippen molar-refractivity contribution in [2.24, 2.45) is 4.99 Å². The predicted octanol–water partition coefficient (Wildman–Crippen LogP) is 2.52. The van der Waals surface area contributed by atoms with Crippen LogP contribution in [-0.4, -0.2) is 50.6 Å². The molecule has 0 atom stereocenters. The minimum Gasteiger partial charge on any atom is -0.356 e. The molecule has 22 heavy (non-hydrogen) atoms. The SMILES string of the molecule is CCN(CC)CCCNC(=NC)NCCCc1ccccc1. The van der Waals surface area contributed by atoms with Crippen LogP contribution in [0.3, 0.4) is 0 Å². The molecule has 0 saturated carbocycles. The van der Waals surface area contributed by atoms with Crippen LogP contribution >= 0.6 is 0 Å². The molecule has 124 valence electrons. The molecule has 0 saturated heterocycles. The van der Waals surface area contributed by atoms with Crippen LogP contribution in [0.15, 0.2) is 35.3 Å². The molecule has 2 N–H and O–H groups in total. The number of guanidine groups is 1. The maximum Gasteiger partial charge on any atom is 0.190 e. The minimum absolute atomic E-state index is 0.910. The topological polar surface area (TPSA) is 39.7 Å². The molecule has 0 unspecified atom stereocenters. The molecule has 0 radical (unpaired) electrons. The highest BCUT2D eigenvalue weighted by atomic mass is 15.2. The van der Waals surface area contributed by atoms with Crippen LogP contribution in [0.5, 0.6) is 0 Å². The molecule has 0 spiro atoms. The lowest BCUT2D eigenvalue weighted by atomic mass is 10.1. The third-order valence-electron chi connectivity index (χ3n) is 3.84. The van der Waals surface area contributed by atoms with Crippen molar-refractivity contribution in [3.05, 3.63) is 35.9 Å². The van der Waals surface area contributed by atoms with Crippen molar-refractivity contribution < 1.29 is 0 Å². The van der Waals surface area contributed by atoms with E-state index in [1.54, 1.807) is 0 Å². The first-order chi connectivity index (χ1) is 10.8. The Morgan fingerprint density at radius 1 is 1.00 bits per heavy atom. The van der Waals surface area contributed by atoms with E-state index in [2.05, 4.69) is 64.7 Å². The summed E-state index contributed by atoms with van der Waals surface area (Å²) in [4.78, 5) is 6.71. The Morgan fingerprint density at radius 2 is 1.64 bits per heavy atom. The van der Waals surface area contributed by atoms with Crippen LogP contribution < -0.4 is 10.6 Å². The number of aryl methyl sites for hydroxylation is 1. The molecule has 1 aromatic rings. The molecule has 0 fully saturated rings. The van der Waals surface area contributed by atoms with E-state index in [0.29, 0.717) is 0 Å². The maximum atomic E-state index is 4.27. The van der Waals surface area contributed by atoms with E-state index in [1.165, 1.54) is 5.56 Å². The Labute approximate surface area is 136 Å². The summed E-state index contributed by atoms with van der Waals surface area (Å²) in [6, 6.07) is 10.6. The summed E-state index contributed by atoms with van der Waals surface area (Å²) in [6.07, 6.45) is 3.36. The molecule has 4 nitrogen and oxygen atoms in total. The summed E-state index contributed by atoms with van der Waals surface area (Å²) in [5, 5.41) is 6.76. The number of hydrogen-bond acceptors (Lipinski definition) is 2. The van der Waals surface area contributed by atoms with Crippen molar-refractivity contribution in [3.8, 4) is 0 Å². The summed E-state index contributed by atoms with van der Waals surface area (Å²) < 4.78 is 0. The highest BCUT2D eigenvalue weighted by molar-refractivity contribution is 5.79. The number of hydrogen-bond donors (Lipinski definition) is 2. The van der Waals surface area contributed by atoms with Crippen molar-refractivity contribution in [1.29, 1.82) is 0 Å². The molecular formula is C18H32N4. The van der Waals surface area contributed by atoms with E-state index in [0.717, 1.165) is 57.9 Å². The summed E-state index contributed by atoms with van der Waals surface area (Å²) in [6.45, 7) is 9.74. The normalized spacial score (nSPS) is 11.7. The lowest BCUT2D eigenvalue weighted by molar-refractivity contribution is 0.300. The first-order valence-electron chi connectivity index (χ1n) is 8.51. The van der Waals surface area contributed by atoms with Crippen molar-refractivity contribution in [3.63, 3.8) is 0 Å². The van der Waals surface area contributed by atoms with Gasteiger partial charge in [-0.25, -0.2) is 0 Å². The predicted molar refractivity (Wildman–Crippen MR) is 96.5 cm³/mol. The first-order valence-corrected chi connectivity index (χ1v) is 8.51. The standard InChI is InChI=1S/C18H32N4/c1-4-22(5-2)16-10-15-21-18(19-3)20-14-9-13-17-11-7-6-8-12-17/h6-8,11-12H,4-5,9-10,13-16H2,1-3H3,(H2,19,20,21). The molecular weight excluding hydrogens is 272 g/mol. The van der Waals surface area contributed by atoms with Gasteiger partial charge in [0.1, 0.15) is 0 Å². The number of aliphatic imine (C=N–C) groups is 1. The van der Waals surface area contributed by atoms with Crippen molar-refractivity contribution >= 4 is 5.96 Å². The second-order valence-corrected chi connectivity index (χ2v) is 5.40. The average Bonchev–Trinajstić information content (AvgIpc) is 2.57. The van der Waals surface area contributed by atoms with E-state index in [9.17, 15) is 0 Å². The van der Waals surface area contributed by atoms with E-state index < -0.39 is 0 Å². The largest absolute Gasteiger partial charge is 0.356 e. The molecule has 0 bridgehead atoms. The highest BCUT2D eigenvalue weighted by Crippen LogP contribution is 2.01. The zero-order valence-corrected chi connectivity index (χ0v) is 14.4. The van der Waals surface area contributed by atoms with E-state index in [1.807, 2.05) is 7.05 Å². The summed E-state index contributed by atoms with van der Waals surface area (Å²) in [7, 11) is 1.83. The summed E-state index contributed by atoms with van der Waals surface area (Å²) >= 11 is 0. The second kappa shape index (κ2) is 12.0. The Balaban J connectivity index is 2.10. The summed E-state index contributed by atoms with van der Waals surface area (Å²) in [5.74, 6) is 0.910. The molecule has 1 rings (SSSR count). The fraction of sp³-hybridized carbons (Fsp3) is 0.611. The first kappa shape index (κ1) is 18.5. The monoisotopic (exact) mass is 304 g/mol. The molecule has 1 aromatic carbocycles.